The Morgan fingerprint density at radius 3 is 1.84 bits per heavy atom. The van der Waals surface area contributed by atoms with E-state index >= 15 is 0 Å². The minimum absolute atomic E-state index is 0.228. The third-order valence-electron chi connectivity index (χ3n) is 4.12. The Morgan fingerprint density at radius 2 is 1.32 bits per heavy atom. The second-order valence-electron chi connectivity index (χ2n) is 6.63. The van der Waals surface area contributed by atoms with Crippen molar-refractivity contribution in [1.82, 2.24) is 10.6 Å². The quantitative estimate of drug-likeness (QED) is 0.326. The van der Waals surface area contributed by atoms with E-state index in [9.17, 15) is 9.59 Å². The molecule has 172 valence electrons. The van der Waals surface area contributed by atoms with Crippen molar-refractivity contribution in [2.75, 3.05) is 53.6 Å². The van der Waals surface area contributed by atoms with Crippen molar-refractivity contribution in [2.45, 2.75) is 25.7 Å². The average molecular weight is 435 g/mol. The summed E-state index contributed by atoms with van der Waals surface area (Å²) in [6.45, 7) is 3.04. The van der Waals surface area contributed by atoms with E-state index in [1.54, 1.807) is 13.3 Å². The number of amides is 2. The molecule has 2 amide bonds. The highest BCUT2D eigenvalue weighted by Gasteiger charge is 2.00. The number of nitrogens with one attached hydrogen (secondary N) is 2. The Balaban J connectivity index is 2.04. The van der Waals surface area contributed by atoms with E-state index in [-0.39, 0.29) is 6.61 Å². The number of ether oxygens (including phenoxy) is 3. The molecule has 0 spiro atoms. The average Bonchev–Trinajstić information content (AvgIpc) is 2.79. The number of carbonyl (C=O) groups is 2. The van der Waals surface area contributed by atoms with E-state index < -0.39 is 12.2 Å². The first-order chi connectivity index (χ1) is 15.2. The molecule has 0 fully saturated rings. The maximum absolute atomic E-state index is 11.6. The van der Waals surface area contributed by atoms with Gasteiger partial charge in [-0.25, -0.2) is 9.59 Å². The Labute approximate surface area is 184 Å². The molecule has 0 heterocycles. The molecule has 1 aromatic rings. The molecule has 2 N–H and O–H groups in total. The molecule has 0 radical (unpaired) electrons. The lowest BCUT2D eigenvalue weighted by Gasteiger charge is -2.06. The first-order valence-electron chi connectivity index (χ1n) is 10.5. The molecule has 31 heavy (non-hydrogen) atoms. The molecule has 0 aromatic heterocycles. The number of unbranched alkanes of at least 4 members (excludes halogenated alkanes) is 3. The zero-order valence-electron chi connectivity index (χ0n) is 18.5. The summed E-state index contributed by atoms with van der Waals surface area (Å²) in [4.78, 5) is 31.0. The highest BCUT2D eigenvalue weighted by atomic mass is 16.5. The summed E-state index contributed by atoms with van der Waals surface area (Å²) < 4.78 is 14.5. The summed E-state index contributed by atoms with van der Waals surface area (Å²) in [5.74, 6) is 0. The van der Waals surface area contributed by atoms with Crippen molar-refractivity contribution >= 4 is 24.6 Å². The van der Waals surface area contributed by atoms with Gasteiger partial charge in [-0.05, 0) is 24.0 Å². The lowest BCUT2D eigenvalue weighted by Crippen LogP contribution is -2.26. The minimum atomic E-state index is -0.431. The van der Waals surface area contributed by atoms with Crippen LogP contribution in [0.3, 0.4) is 0 Å². The number of alkyl carbamates (subject to hydrolysis) is 2. The van der Waals surface area contributed by atoms with Crippen LogP contribution in [0.1, 0.15) is 36.8 Å². The van der Waals surface area contributed by atoms with Gasteiger partial charge in [0.05, 0.1) is 26.8 Å². The number of rotatable bonds is 15. The van der Waals surface area contributed by atoms with Gasteiger partial charge in [-0.15, -0.1) is 0 Å². The van der Waals surface area contributed by atoms with Crippen molar-refractivity contribution < 1.29 is 23.8 Å². The molecule has 0 aliphatic heterocycles. The van der Waals surface area contributed by atoms with Gasteiger partial charge < -0.3 is 24.8 Å². The van der Waals surface area contributed by atoms with Gasteiger partial charge in [0.15, 0.2) is 0 Å². The molecule has 1 aromatic carbocycles. The van der Waals surface area contributed by atoms with Crippen LogP contribution in [0.2, 0.25) is 0 Å². The molecule has 9 nitrogen and oxygen atoms in total. The normalized spacial score (nSPS) is 11.0. The summed E-state index contributed by atoms with van der Waals surface area (Å²) in [5.41, 5.74) is 1.99. The van der Waals surface area contributed by atoms with E-state index in [0.29, 0.717) is 32.8 Å². The Morgan fingerprint density at radius 1 is 0.806 bits per heavy atom. The van der Waals surface area contributed by atoms with Crippen molar-refractivity contribution in [2.24, 2.45) is 9.98 Å². The topological polar surface area (TPSA) is 111 Å². The zero-order valence-corrected chi connectivity index (χ0v) is 18.5. The lowest BCUT2D eigenvalue weighted by atomic mass is 10.1. The van der Waals surface area contributed by atoms with E-state index in [4.69, 9.17) is 9.47 Å². The SMILES string of the molecule is COCCN=Cc1ccc(C=NCCOC(=O)NCCCCCCNC(=O)OC)cc1. The van der Waals surface area contributed by atoms with Gasteiger partial charge in [0.1, 0.15) is 6.61 Å². The number of aliphatic imine (C=N–C) groups is 2. The van der Waals surface area contributed by atoms with E-state index in [1.807, 2.05) is 30.5 Å². The molecular formula is C22H34N4O5. The molecule has 0 aliphatic rings. The molecule has 1 rings (SSSR count). The number of benzene rings is 1. The first kappa shape index (κ1) is 26.1. The number of hydrogen-bond donors (Lipinski definition) is 2. The number of hydrogen-bond acceptors (Lipinski definition) is 7. The van der Waals surface area contributed by atoms with Crippen LogP contribution in [0.4, 0.5) is 9.59 Å². The van der Waals surface area contributed by atoms with Crippen LogP contribution < -0.4 is 10.6 Å². The van der Waals surface area contributed by atoms with Gasteiger partial charge in [-0.3, -0.25) is 9.98 Å². The minimum Gasteiger partial charge on any atom is -0.453 e. The number of carbonyl (C=O) groups excluding carboxylic acids is 2. The molecule has 0 atom stereocenters. The fourth-order valence-electron chi connectivity index (χ4n) is 2.45. The number of methoxy groups -OCH3 is 2. The number of nitrogens with zero attached hydrogens (tertiary/aromatic N) is 2. The molecule has 0 saturated carbocycles. The van der Waals surface area contributed by atoms with Gasteiger partial charge in [0, 0.05) is 32.6 Å². The summed E-state index contributed by atoms with van der Waals surface area (Å²) in [5, 5.41) is 5.34. The van der Waals surface area contributed by atoms with Crippen LogP contribution in [-0.2, 0) is 14.2 Å². The van der Waals surface area contributed by atoms with Crippen molar-refractivity contribution in [3.8, 4) is 0 Å². The van der Waals surface area contributed by atoms with Gasteiger partial charge in [0.25, 0.3) is 0 Å². The third kappa shape index (κ3) is 14.6. The highest BCUT2D eigenvalue weighted by molar-refractivity contribution is 5.84. The Kier molecular flexibility index (Phi) is 15.1. The molecule has 9 heteroatoms. The fourth-order valence-corrected chi connectivity index (χ4v) is 2.45. The van der Waals surface area contributed by atoms with Gasteiger partial charge >= 0.3 is 12.2 Å². The van der Waals surface area contributed by atoms with Crippen LogP contribution in [-0.4, -0.2) is 78.2 Å². The second-order valence-corrected chi connectivity index (χ2v) is 6.63. The van der Waals surface area contributed by atoms with E-state index in [2.05, 4.69) is 25.4 Å². The molecular weight excluding hydrogens is 400 g/mol. The van der Waals surface area contributed by atoms with E-state index in [1.165, 1.54) is 7.11 Å². The smallest absolute Gasteiger partial charge is 0.407 e. The maximum Gasteiger partial charge on any atom is 0.407 e. The summed E-state index contributed by atoms with van der Waals surface area (Å²) in [7, 11) is 2.99. The van der Waals surface area contributed by atoms with Crippen LogP contribution >= 0.6 is 0 Å². The zero-order chi connectivity index (χ0) is 22.6. The Hall–Kier alpha value is -2.94. The fraction of sp³-hybridized carbons (Fsp3) is 0.545. The standard InChI is InChI=1S/C22H34N4O5/c1-29-15-13-23-17-19-7-9-20(10-8-19)18-24-14-16-31-22(28)26-12-6-4-3-5-11-25-21(27)30-2/h7-10,17-18H,3-6,11-16H2,1-2H3,(H,25,27)(H,26,28). The van der Waals surface area contributed by atoms with Crippen LogP contribution in [0, 0.1) is 0 Å². The lowest BCUT2D eigenvalue weighted by molar-refractivity contribution is 0.149. The largest absolute Gasteiger partial charge is 0.453 e. The molecule has 0 saturated heterocycles. The molecule has 0 aliphatic carbocycles. The third-order valence-corrected chi connectivity index (χ3v) is 4.12. The van der Waals surface area contributed by atoms with Crippen LogP contribution in [0.15, 0.2) is 34.3 Å². The van der Waals surface area contributed by atoms with Crippen molar-refractivity contribution in [3.05, 3.63) is 35.4 Å². The van der Waals surface area contributed by atoms with Crippen LogP contribution in [0.5, 0.6) is 0 Å². The highest BCUT2D eigenvalue weighted by Crippen LogP contribution is 2.01. The maximum atomic E-state index is 11.6. The van der Waals surface area contributed by atoms with E-state index in [0.717, 1.165) is 36.8 Å². The van der Waals surface area contributed by atoms with Crippen molar-refractivity contribution in [1.29, 1.82) is 0 Å². The predicted molar refractivity (Wildman–Crippen MR) is 121 cm³/mol. The van der Waals surface area contributed by atoms with Crippen LogP contribution in [0.25, 0.3) is 0 Å². The summed E-state index contributed by atoms with van der Waals surface area (Å²) in [6.07, 6.45) is 6.39. The van der Waals surface area contributed by atoms with Gasteiger partial charge in [-0.1, -0.05) is 37.1 Å². The summed E-state index contributed by atoms with van der Waals surface area (Å²) >= 11 is 0. The summed E-state index contributed by atoms with van der Waals surface area (Å²) in [6, 6.07) is 7.86. The Bertz CT molecular complexity index is 677. The van der Waals surface area contributed by atoms with Gasteiger partial charge in [-0.2, -0.15) is 0 Å². The van der Waals surface area contributed by atoms with Gasteiger partial charge in [0.2, 0.25) is 0 Å². The monoisotopic (exact) mass is 434 g/mol. The first-order valence-corrected chi connectivity index (χ1v) is 10.5. The second kappa shape index (κ2) is 17.9. The molecule has 0 bridgehead atoms. The predicted octanol–water partition coefficient (Wildman–Crippen LogP) is 2.81. The van der Waals surface area contributed by atoms with Crippen molar-refractivity contribution in [3.63, 3.8) is 0 Å². The molecule has 0 unspecified atom stereocenters.